The number of aryl methyl sites for hydroxylation is 2. The molecule has 0 saturated carbocycles. The molecule has 1 N–H and O–H groups in total. The van der Waals surface area contributed by atoms with Crippen molar-refractivity contribution in [2.75, 3.05) is 52.3 Å². The van der Waals surface area contributed by atoms with Gasteiger partial charge in [-0.2, -0.15) is 0 Å². The van der Waals surface area contributed by atoms with Crippen LogP contribution < -0.4 is 5.32 Å². The Kier molecular flexibility index (Phi) is 6.69. The number of rotatable bonds is 8. The molecule has 0 amide bonds. The Morgan fingerprint density at radius 2 is 1.97 bits per heavy atom. The lowest BCUT2D eigenvalue weighted by atomic mass is 10.0. The Morgan fingerprint density at radius 3 is 2.69 bits per heavy atom. The van der Waals surface area contributed by atoms with E-state index in [0.717, 1.165) is 51.0 Å². The molecule has 1 aliphatic heterocycles. The summed E-state index contributed by atoms with van der Waals surface area (Å²) in [5.41, 5.74) is 1.50. The standard InChI is InChI=1S/C22H35N5OS/c1-15(2)12-16(26(3)4)13-23-21-20-17-6-5-7-18(17)29-22(20)25-19(24-21)14-27-8-10-28-11-9-27/h15-16H,5-14H2,1-4H3,(H,23,24,25)/t16-/m0/s1. The fourth-order valence-corrected chi connectivity index (χ4v) is 5.71. The number of hydrogen-bond acceptors (Lipinski definition) is 7. The molecule has 2 aromatic heterocycles. The van der Waals surface area contributed by atoms with Gasteiger partial charge >= 0.3 is 0 Å². The van der Waals surface area contributed by atoms with Crippen molar-refractivity contribution in [3.05, 3.63) is 16.3 Å². The Labute approximate surface area is 178 Å². The maximum absolute atomic E-state index is 5.49. The molecule has 7 heteroatoms. The number of ether oxygens (including phenoxy) is 1. The maximum atomic E-state index is 5.49. The lowest BCUT2D eigenvalue weighted by Gasteiger charge is -2.27. The minimum atomic E-state index is 0.495. The zero-order valence-electron chi connectivity index (χ0n) is 18.3. The average Bonchev–Trinajstić information content (AvgIpc) is 3.26. The van der Waals surface area contributed by atoms with E-state index in [-0.39, 0.29) is 0 Å². The van der Waals surface area contributed by atoms with Crippen molar-refractivity contribution in [2.24, 2.45) is 5.92 Å². The van der Waals surface area contributed by atoms with Gasteiger partial charge in [0.25, 0.3) is 0 Å². The van der Waals surface area contributed by atoms with Crippen LogP contribution in [0.15, 0.2) is 0 Å². The fraction of sp³-hybridized carbons (Fsp3) is 0.727. The lowest BCUT2D eigenvalue weighted by molar-refractivity contribution is 0.0331. The molecule has 0 bridgehead atoms. The number of hydrogen-bond donors (Lipinski definition) is 1. The van der Waals surface area contributed by atoms with Gasteiger partial charge < -0.3 is 15.0 Å². The van der Waals surface area contributed by atoms with Gasteiger partial charge in [-0.15, -0.1) is 11.3 Å². The molecule has 1 atom stereocenters. The van der Waals surface area contributed by atoms with Crippen molar-refractivity contribution in [1.82, 2.24) is 19.8 Å². The molecule has 2 aromatic rings. The summed E-state index contributed by atoms with van der Waals surface area (Å²) in [5.74, 6) is 2.66. The molecule has 0 aromatic carbocycles. The third-order valence-corrected chi connectivity index (χ3v) is 7.24. The molecule has 0 spiro atoms. The van der Waals surface area contributed by atoms with Gasteiger partial charge in [0, 0.05) is 30.6 Å². The minimum absolute atomic E-state index is 0.495. The number of anilines is 1. The summed E-state index contributed by atoms with van der Waals surface area (Å²) in [6.07, 6.45) is 4.80. The Balaban J connectivity index is 1.60. The first-order chi connectivity index (χ1) is 14.0. The lowest BCUT2D eigenvalue weighted by Crippen LogP contribution is -2.36. The van der Waals surface area contributed by atoms with Crippen LogP contribution in [0.1, 0.15) is 43.0 Å². The molecule has 1 aliphatic carbocycles. The topological polar surface area (TPSA) is 53.5 Å². The molecular formula is C22H35N5OS. The van der Waals surface area contributed by atoms with Crippen LogP contribution in [0.2, 0.25) is 0 Å². The van der Waals surface area contributed by atoms with Gasteiger partial charge in [0.15, 0.2) is 0 Å². The predicted octanol–water partition coefficient (Wildman–Crippen LogP) is 3.40. The second kappa shape index (κ2) is 9.25. The number of aromatic nitrogens is 2. The summed E-state index contributed by atoms with van der Waals surface area (Å²) < 4.78 is 5.49. The summed E-state index contributed by atoms with van der Waals surface area (Å²) >= 11 is 1.88. The Hall–Kier alpha value is -1.28. The van der Waals surface area contributed by atoms with Gasteiger partial charge in [0.05, 0.1) is 25.1 Å². The molecule has 0 unspecified atom stereocenters. The summed E-state index contributed by atoms with van der Waals surface area (Å²) in [5, 5.41) is 5.03. The molecule has 160 valence electrons. The third kappa shape index (κ3) is 4.90. The SMILES string of the molecule is CC(C)C[C@@H](CNc1nc(CN2CCOCC2)nc2sc3c(c12)CCC3)N(C)C. The number of likely N-dealkylation sites (N-methyl/N-ethyl adjacent to an activating group) is 1. The van der Waals surface area contributed by atoms with Crippen molar-refractivity contribution < 1.29 is 4.74 Å². The van der Waals surface area contributed by atoms with Gasteiger partial charge in [-0.1, -0.05) is 13.8 Å². The van der Waals surface area contributed by atoms with Gasteiger partial charge in [-0.25, -0.2) is 9.97 Å². The van der Waals surface area contributed by atoms with E-state index in [1.54, 1.807) is 0 Å². The van der Waals surface area contributed by atoms with Crippen LogP contribution in [-0.2, 0) is 24.1 Å². The zero-order chi connectivity index (χ0) is 20.4. The molecule has 29 heavy (non-hydrogen) atoms. The number of nitrogens with zero attached hydrogens (tertiary/aromatic N) is 4. The van der Waals surface area contributed by atoms with Crippen LogP contribution in [0.3, 0.4) is 0 Å². The second-order valence-corrected chi connectivity index (χ2v) is 10.1. The predicted molar refractivity (Wildman–Crippen MR) is 121 cm³/mol. The van der Waals surface area contributed by atoms with Gasteiger partial charge in [-0.3, -0.25) is 4.90 Å². The fourth-order valence-electron chi connectivity index (χ4n) is 4.43. The molecule has 6 nitrogen and oxygen atoms in total. The van der Waals surface area contributed by atoms with Crippen molar-refractivity contribution in [2.45, 2.75) is 52.1 Å². The van der Waals surface area contributed by atoms with Gasteiger partial charge in [0.2, 0.25) is 0 Å². The maximum Gasteiger partial charge on any atom is 0.146 e. The van der Waals surface area contributed by atoms with E-state index < -0.39 is 0 Å². The number of morpholine rings is 1. The quantitative estimate of drug-likeness (QED) is 0.710. The van der Waals surface area contributed by atoms with Crippen LogP contribution in [0.5, 0.6) is 0 Å². The van der Waals surface area contributed by atoms with Crippen LogP contribution in [-0.4, -0.2) is 72.8 Å². The largest absolute Gasteiger partial charge is 0.379 e. The highest BCUT2D eigenvalue weighted by molar-refractivity contribution is 7.19. The first-order valence-corrected chi connectivity index (χ1v) is 11.8. The van der Waals surface area contributed by atoms with Crippen LogP contribution in [0.25, 0.3) is 10.2 Å². The highest BCUT2D eigenvalue weighted by atomic mass is 32.1. The molecule has 1 fully saturated rings. The minimum Gasteiger partial charge on any atom is -0.379 e. The zero-order valence-corrected chi connectivity index (χ0v) is 19.1. The van der Waals surface area contributed by atoms with Gasteiger partial charge in [0.1, 0.15) is 16.5 Å². The van der Waals surface area contributed by atoms with E-state index in [0.29, 0.717) is 12.0 Å². The highest BCUT2D eigenvalue weighted by Gasteiger charge is 2.24. The second-order valence-electron chi connectivity index (χ2n) is 9.04. The third-order valence-electron chi connectivity index (χ3n) is 6.06. The monoisotopic (exact) mass is 417 g/mol. The number of thiophene rings is 1. The molecule has 3 heterocycles. The molecule has 4 rings (SSSR count). The van der Waals surface area contributed by atoms with E-state index in [1.807, 2.05) is 11.3 Å². The summed E-state index contributed by atoms with van der Waals surface area (Å²) in [4.78, 5) is 17.4. The van der Waals surface area contributed by atoms with E-state index in [1.165, 1.54) is 46.3 Å². The van der Waals surface area contributed by atoms with Crippen molar-refractivity contribution in [3.8, 4) is 0 Å². The Morgan fingerprint density at radius 1 is 1.17 bits per heavy atom. The van der Waals surface area contributed by atoms with Crippen molar-refractivity contribution in [3.63, 3.8) is 0 Å². The average molecular weight is 418 g/mol. The summed E-state index contributed by atoms with van der Waals surface area (Å²) in [6, 6.07) is 0.495. The van der Waals surface area contributed by atoms with Gasteiger partial charge in [-0.05, 0) is 51.3 Å². The van der Waals surface area contributed by atoms with Crippen LogP contribution >= 0.6 is 11.3 Å². The van der Waals surface area contributed by atoms with E-state index in [4.69, 9.17) is 14.7 Å². The first-order valence-electron chi connectivity index (χ1n) is 11.0. The summed E-state index contributed by atoms with van der Waals surface area (Å²) in [7, 11) is 4.35. The molecule has 0 radical (unpaired) electrons. The molecule has 1 saturated heterocycles. The normalized spacial score (nSPS) is 18.7. The summed E-state index contributed by atoms with van der Waals surface area (Å²) in [6.45, 7) is 9.85. The van der Waals surface area contributed by atoms with Crippen molar-refractivity contribution in [1.29, 1.82) is 0 Å². The number of fused-ring (bicyclic) bond motifs is 3. The van der Waals surface area contributed by atoms with E-state index in [9.17, 15) is 0 Å². The van der Waals surface area contributed by atoms with Crippen LogP contribution in [0.4, 0.5) is 5.82 Å². The van der Waals surface area contributed by atoms with E-state index >= 15 is 0 Å². The van der Waals surface area contributed by atoms with E-state index in [2.05, 4.69) is 43.1 Å². The van der Waals surface area contributed by atoms with Crippen molar-refractivity contribution >= 4 is 27.4 Å². The Bertz CT molecular complexity index is 828. The highest BCUT2D eigenvalue weighted by Crippen LogP contribution is 2.39. The van der Waals surface area contributed by atoms with Crippen LogP contribution in [0, 0.1) is 5.92 Å². The number of nitrogens with one attached hydrogen (secondary N) is 1. The molecular weight excluding hydrogens is 382 g/mol. The first kappa shape index (κ1) is 21.0. The smallest absolute Gasteiger partial charge is 0.146 e. The molecule has 2 aliphatic rings.